The summed E-state index contributed by atoms with van der Waals surface area (Å²) in [6.07, 6.45) is 4.52. The average Bonchev–Trinajstić information content (AvgIpc) is 2.54. The van der Waals surface area contributed by atoms with Crippen LogP contribution in [-0.4, -0.2) is 17.7 Å². The topological polar surface area (TPSA) is 55.8 Å². The number of aromatic hydroxyl groups is 1. The summed E-state index contributed by atoms with van der Waals surface area (Å²) in [6.45, 7) is 0.262. The molecule has 2 heterocycles. The number of benzene rings is 2. The lowest BCUT2D eigenvalue weighted by molar-refractivity contribution is -0.142. The summed E-state index contributed by atoms with van der Waals surface area (Å²) in [5.74, 6) is 0.847. The third kappa shape index (κ3) is 3.47. The molecule has 0 aromatic heterocycles. The van der Waals surface area contributed by atoms with Crippen LogP contribution in [0.15, 0.2) is 48.5 Å². The van der Waals surface area contributed by atoms with Crippen LogP contribution in [0.1, 0.15) is 17.5 Å². The number of hydrogen-bond acceptors (Lipinski definition) is 4. The number of esters is 1. The second kappa shape index (κ2) is 6.35. The SMILES string of the molecule is O=C1CCc2ccc(O)c(c2)Oc2ccc(cc2)/C=C\CO1. The fraction of sp³-hybridized carbons (Fsp3) is 0.167. The highest BCUT2D eigenvalue weighted by Gasteiger charge is 2.09. The van der Waals surface area contributed by atoms with Crippen molar-refractivity contribution in [3.05, 3.63) is 59.7 Å². The number of hydrogen-bond donors (Lipinski definition) is 1. The van der Waals surface area contributed by atoms with Crippen LogP contribution in [0.4, 0.5) is 0 Å². The van der Waals surface area contributed by atoms with E-state index in [1.807, 2.05) is 30.3 Å². The molecule has 0 radical (unpaired) electrons. The fourth-order valence-electron chi connectivity index (χ4n) is 2.21. The van der Waals surface area contributed by atoms with Crippen molar-refractivity contribution in [2.24, 2.45) is 0 Å². The maximum Gasteiger partial charge on any atom is 0.306 e. The van der Waals surface area contributed by atoms with Gasteiger partial charge in [0.25, 0.3) is 0 Å². The van der Waals surface area contributed by atoms with Crippen LogP contribution in [0.3, 0.4) is 0 Å². The highest BCUT2D eigenvalue weighted by atomic mass is 16.5. The van der Waals surface area contributed by atoms with Gasteiger partial charge in [0.15, 0.2) is 11.5 Å². The van der Waals surface area contributed by atoms with Crippen molar-refractivity contribution >= 4 is 12.0 Å². The van der Waals surface area contributed by atoms with Gasteiger partial charge in [-0.25, -0.2) is 0 Å². The van der Waals surface area contributed by atoms with Crippen molar-refractivity contribution < 1.29 is 19.4 Å². The number of carbonyl (C=O) groups is 1. The van der Waals surface area contributed by atoms with Gasteiger partial charge in [0.1, 0.15) is 12.4 Å². The molecule has 4 nitrogen and oxygen atoms in total. The van der Waals surface area contributed by atoms with Gasteiger partial charge in [-0.15, -0.1) is 0 Å². The van der Waals surface area contributed by atoms with Gasteiger partial charge in [0, 0.05) is 6.42 Å². The second-order valence-electron chi connectivity index (χ2n) is 5.06. The molecular formula is C18H16O4. The van der Waals surface area contributed by atoms with Gasteiger partial charge in [-0.2, -0.15) is 0 Å². The molecule has 0 atom stereocenters. The van der Waals surface area contributed by atoms with E-state index in [9.17, 15) is 9.90 Å². The zero-order valence-electron chi connectivity index (χ0n) is 12.0. The molecular weight excluding hydrogens is 280 g/mol. The lowest BCUT2D eigenvalue weighted by Gasteiger charge is -2.10. The van der Waals surface area contributed by atoms with E-state index >= 15 is 0 Å². The number of phenols is 1. The summed E-state index contributed by atoms with van der Waals surface area (Å²) < 4.78 is 10.9. The summed E-state index contributed by atoms with van der Waals surface area (Å²) in [5.41, 5.74) is 1.89. The van der Waals surface area contributed by atoms with Crippen molar-refractivity contribution in [3.8, 4) is 17.2 Å². The minimum absolute atomic E-state index is 0.0691. The van der Waals surface area contributed by atoms with Gasteiger partial charge in [-0.05, 0) is 47.9 Å². The molecule has 0 fully saturated rings. The number of carbonyl (C=O) groups excluding carboxylic acids is 1. The van der Waals surface area contributed by atoms with Crippen LogP contribution in [0.2, 0.25) is 0 Å². The van der Waals surface area contributed by atoms with Crippen LogP contribution in [0.25, 0.3) is 6.08 Å². The van der Waals surface area contributed by atoms with Crippen LogP contribution in [-0.2, 0) is 16.0 Å². The molecule has 0 saturated heterocycles. The van der Waals surface area contributed by atoms with Gasteiger partial charge in [0.2, 0.25) is 0 Å². The predicted molar refractivity (Wildman–Crippen MR) is 82.9 cm³/mol. The van der Waals surface area contributed by atoms with Gasteiger partial charge in [0.05, 0.1) is 0 Å². The van der Waals surface area contributed by atoms with Crippen LogP contribution < -0.4 is 4.74 Å². The Morgan fingerprint density at radius 3 is 2.64 bits per heavy atom. The van der Waals surface area contributed by atoms with Crippen molar-refractivity contribution in [1.29, 1.82) is 0 Å². The third-order valence-corrected chi connectivity index (χ3v) is 3.40. The summed E-state index contributed by atoms with van der Waals surface area (Å²) in [5, 5.41) is 9.90. The van der Waals surface area contributed by atoms with Crippen LogP contribution in [0, 0.1) is 0 Å². The zero-order valence-corrected chi connectivity index (χ0v) is 12.0. The molecule has 0 aliphatic carbocycles. The number of fused-ring (bicyclic) bond motifs is 7. The van der Waals surface area contributed by atoms with Crippen molar-refractivity contribution in [2.45, 2.75) is 12.8 Å². The van der Waals surface area contributed by atoms with E-state index < -0.39 is 0 Å². The summed E-state index contributed by atoms with van der Waals surface area (Å²) in [4.78, 5) is 11.7. The number of aryl methyl sites for hydroxylation is 1. The third-order valence-electron chi connectivity index (χ3n) is 3.40. The molecule has 1 N–H and O–H groups in total. The highest BCUT2D eigenvalue weighted by Crippen LogP contribution is 2.32. The first kappa shape index (κ1) is 14.2. The first-order valence-electron chi connectivity index (χ1n) is 7.13. The molecule has 22 heavy (non-hydrogen) atoms. The van der Waals surface area contributed by atoms with Gasteiger partial charge < -0.3 is 14.6 Å². The maximum atomic E-state index is 11.7. The summed E-state index contributed by atoms with van der Waals surface area (Å²) in [6, 6.07) is 12.5. The van der Waals surface area contributed by atoms with E-state index in [2.05, 4.69) is 0 Å². The molecule has 0 unspecified atom stereocenters. The largest absolute Gasteiger partial charge is 0.504 e. The monoisotopic (exact) mass is 296 g/mol. The molecule has 4 rings (SSSR count). The lowest BCUT2D eigenvalue weighted by Crippen LogP contribution is -2.05. The lowest BCUT2D eigenvalue weighted by atomic mass is 10.1. The minimum atomic E-state index is -0.246. The van der Waals surface area contributed by atoms with Crippen molar-refractivity contribution in [2.75, 3.05) is 6.61 Å². The smallest absolute Gasteiger partial charge is 0.306 e. The molecule has 0 spiro atoms. The molecule has 0 saturated carbocycles. The van der Waals surface area contributed by atoms with Gasteiger partial charge in [-0.1, -0.05) is 24.3 Å². The molecule has 2 aliphatic rings. The second-order valence-corrected chi connectivity index (χ2v) is 5.06. The predicted octanol–water partition coefficient (Wildman–Crippen LogP) is 3.69. The highest BCUT2D eigenvalue weighted by molar-refractivity contribution is 5.70. The van der Waals surface area contributed by atoms with E-state index in [1.165, 1.54) is 0 Å². The van der Waals surface area contributed by atoms with E-state index in [1.54, 1.807) is 24.3 Å². The number of ether oxygens (including phenoxy) is 2. The van der Waals surface area contributed by atoms with Crippen molar-refractivity contribution in [3.63, 3.8) is 0 Å². The van der Waals surface area contributed by atoms with E-state index in [4.69, 9.17) is 9.47 Å². The zero-order chi connectivity index (χ0) is 15.4. The molecule has 4 heteroatoms. The Kier molecular flexibility index (Phi) is 4.10. The summed E-state index contributed by atoms with van der Waals surface area (Å²) in [7, 11) is 0. The number of rotatable bonds is 0. The fourth-order valence-corrected chi connectivity index (χ4v) is 2.21. The Morgan fingerprint density at radius 1 is 1.00 bits per heavy atom. The Morgan fingerprint density at radius 2 is 1.82 bits per heavy atom. The van der Waals surface area contributed by atoms with E-state index in [0.29, 0.717) is 24.3 Å². The Hall–Kier alpha value is -2.75. The minimum Gasteiger partial charge on any atom is -0.504 e. The van der Waals surface area contributed by atoms with Gasteiger partial charge in [-0.3, -0.25) is 4.79 Å². The number of phenolic OH excluding ortho intramolecular Hbond substituents is 1. The van der Waals surface area contributed by atoms with Gasteiger partial charge >= 0.3 is 5.97 Å². The van der Waals surface area contributed by atoms with Crippen LogP contribution in [0.5, 0.6) is 17.2 Å². The first-order valence-corrected chi connectivity index (χ1v) is 7.13. The first-order chi connectivity index (χ1) is 10.7. The normalized spacial score (nSPS) is 16.1. The maximum absolute atomic E-state index is 11.7. The molecule has 112 valence electrons. The van der Waals surface area contributed by atoms with Crippen LogP contribution >= 0.6 is 0 Å². The molecule has 2 aromatic carbocycles. The van der Waals surface area contributed by atoms with E-state index in [-0.39, 0.29) is 18.3 Å². The summed E-state index contributed by atoms with van der Waals surface area (Å²) >= 11 is 0. The Labute approximate surface area is 128 Å². The average molecular weight is 296 g/mol. The Bertz CT molecular complexity index is 702. The van der Waals surface area contributed by atoms with E-state index in [0.717, 1.165) is 11.1 Å². The standard InChI is InChI=1S/C18H16O4/c19-16-9-5-14-6-10-18(20)21-11-1-2-13-3-7-15(8-4-13)22-17(16)12-14/h1-5,7-9,12,19H,6,10-11H2/b2-1-. The molecule has 4 bridgehead atoms. The quantitative estimate of drug-likeness (QED) is 0.753. The molecule has 0 amide bonds. The molecule has 2 aliphatic heterocycles. The van der Waals surface area contributed by atoms with Crippen molar-refractivity contribution in [1.82, 2.24) is 0 Å². The molecule has 2 aromatic rings. The Balaban J connectivity index is 1.94.